The number of rotatable bonds is 4. The molecule has 1 aromatic rings. The number of nitrogens with two attached hydrogens (primary N) is 2. The first-order valence-electron chi connectivity index (χ1n) is 7.71. The van der Waals surface area contributed by atoms with Gasteiger partial charge in [-0.05, 0) is 30.6 Å². The van der Waals surface area contributed by atoms with Crippen LogP contribution in [0.15, 0.2) is 48.3 Å². The molecule has 0 atom stereocenters. The van der Waals surface area contributed by atoms with Crippen LogP contribution in [0.2, 0.25) is 0 Å². The van der Waals surface area contributed by atoms with Crippen molar-refractivity contribution in [3.8, 4) is 0 Å². The summed E-state index contributed by atoms with van der Waals surface area (Å²) in [5, 5.41) is 0. The highest BCUT2D eigenvalue weighted by Gasteiger charge is 2.31. The number of benzene rings is 1. The average molecular weight is 284 g/mol. The summed E-state index contributed by atoms with van der Waals surface area (Å²) < 4.78 is 0. The van der Waals surface area contributed by atoms with E-state index in [2.05, 4.69) is 9.80 Å². The third-order valence-corrected chi connectivity index (χ3v) is 4.28. The van der Waals surface area contributed by atoms with Crippen LogP contribution in [0.3, 0.4) is 0 Å². The molecule has 0 unspecified atom stereocenters. The van der Waals surface area contributed by atoms with Gasteiger partial charge in [-0.25, -0.2) is 0 Å². The lowest BCUT2D eigenvalue weighted by Crippen LogP contribution is -2.47. The summed E-state index contributed by atoms with van der Waals surface area (Å²) >= 11 is 0. The molecule has 0 aromatic heterocycles. The maximum Gasteiger partial charge on any atom is 0.0988 e. The Kier molecular flexibility index (Phi) is 4.15. The van der Waals surface area contributed by atoms with Crippen molar-refractivity contribution >= 4 is 5.70 Å². The highest BCUT2D eigenvalue weighted by Crippen LogP contribution is 2.27. The van der Waals surface area contributed by atoms with E-state index in [1.54, 1.807) is 0 Å². The topological polar surface area (TPSA) is 58.5 Å². The molecule has 2 aliphatic rings. The number of nitrogens with zero attached hydrogens (tertiary/aromatic N) is 2. The smallest absolute Gasteiger partial charge is 0.0988 e. The number of hydrogen-bond donors (Lipinski definition) is 2. The summed E-state index contributed by atoms with van der Waals surface area (Å²) in [6, 6.07) is 10.8. The zero-order chi connectivity index (χ0) is 14.7. The van der Waals surface area contributed by atoms with Crippen molar-refractivity contribution in [3.05, 3.63) is 53.9 Å². The van der Waals surface area contributed by atoms with Crippen LogP contribution in [-0.4, -0.2) is 42.0 Å². The summed E-state index contributed by atoms with van der Waals surface area (Å²) in [5.74, 6) is 0.810. The predicted octanol–water partition coefficient (Wildman–Crippen LogP) is 1.57. The fourth-order valence-corrected chi connectivity index (χ4v) is 2.79. The van der Waals surface area contributed by atoms with E-state index in [9.17, 15) is 0 Å². The molecular weight excluding hydrogens is 260 g/mol. The molecule has 0 radical (unpaired) electrons. The largest absolute Gasteiger partial charge is 0.398 e. The van der Waals surface area contributed by atoms with Crippen LogP contribution in [-0.2, 0) is 0 Å². The molecule has 3 rings (SSSR count). The van der Waals surface area contributed by atoms with Gasteiger partial charge in [0.15, 0.2) is 0 Å². The van der Waals surface area contributed by atoms with Gasteiger partial charge in [0.1, 0.15) is 0 Å². The Morgan fingerprint density at radius 2 is 1.62 bits per heavy atom. The SMILES string of the molecule is N/C(=C\C=C(/N)N1CCN(C2CC2)CC1)c1ccccc1. The molecule has 21 heavy (non-hydrogen) atoms. The normalized spacial score (nSPS) is 21.6. The van der Waals surface area contributed by atoms with Gasteiger partial charge in [0.2, 0.25) is 0 Å². The second kappa shape index (κ2) is 6.22. The quantitative estimate of drug-likeness (QED) is 0.824. The van der Waals surface area contributed by atoms with E-state index >= 15 is 0 Å². The van der Waals surface area contributed by atoms with Gasteiger partial charge >= 0.3 is 0 Å². The molecule has 2 fully saturated rings. The maximum atomic E-state index is 6.18. The molecule has 4 heteroatoms. The molecule has 1 heterocycles. The summed E-state index contributed by atoms with van der Waals surface area (Å²) in [4.78, 5) is 4.83. The first-order valence-corrected chi connectivity index (χ1v) is 7.71. The van der Waals surface area contributed by atoms with Crippen molar-refractivity contribution in [1.29, 1.82) is 0 Å². The number of hydrogen-bond acceptors (Lipinski definition) is 4. The minimum absolute atomic E-state index is 0.746. The van der Waals surface area contributed by atoms with Gasteiger partial charge in [-0.3, -0.25) is 4.90 Å². The van der Waals surface area contributed by atoms with Gasteiger partial charge in [-0.15, -0.1) is 0 Å². The zero-order valence-corrected chi connectivity index (χ0v) is 12.4. The monoisotopic (exact) mass is 284 g/mol. The summed E-state index contributed by atoms with van der Waals surface area (Å²) in [7, 11) is 0. The molecule has 4 nitrogen and oxygen atoms in total. The maximum absolute atomic E-state index is 6.18. The van der Waals surface area contributed by atoms with Crippen LogP contribution in [0.25, 0.3) is 5.70 Å². The molecule has 4 N–H and O–H groups in total. The standard InChI is InChI=1S/C17H24N4/c18-16(14-4-2-1-3-5-14)8-9-17(19)21-12-10-20(11-13-21)15-6-7-15/h1-5,8-9,15H,6-7,10-13,18-19H2/b16-8-,17-9+. The lowest BCUT2D eigenvalue weighted by molar-refractivity contribution is 0.151. The van der Waals surface area contributed by atoms with E-state index in [4.69, 9.17) is 11.5 Å². The molecule has 1 saturated heterocycles. The van der Waals surface area contributed by atoms with Crippen molar-refractivity contribution in [2.24, 2.45) is 11.5 Å². The van der Waals surface area contributed by atoms with Crippen LogP contribution < -0.4 is 11.5 Å². The Hall–Kier alpha value is -1.94. The first-order chi connectivity index (χ1) is 10.2. The Morgan fingerprint density at radius 1 is 0.952 bits per heavy atom. The lowest BCUT2D eigenvalue weighted by atomic mass is 10.1. The molecular formula is C17H24N4. The van der Waals surface area contributed by atoms with E-state index in [0.29, 0.717) is 0 Å². The van der Waals surface area contributed by atoms with Crippen molar-refractivity contribution in [2.45, 2.75) is 18.9 Å². The Labute approximate surface area is 126 Å². The minimum atomic E-state index is 0.746. The molecule has 112 valence electrons. The van der Waals surface area contributed by atoms with E-state index in [0.717, 1.165) is 49.3 Å². The van der Waals surface area contributed by atoms with Gasteiger partial charge in [0, 0.05) is 37.9 Å². The summed E-state index contributed by atoms with van der Waals surface area (Å²) in [6.45, 7) is 4.27. The third-order valence-electron chi connectivity index (χ3n) is 4.28. The van der Waals surface area contributed by atoms with Crippen molar-refractivity contribution < 1.29 is 0 Å². The Morgan fingerprint density at radius 3 is 2.24 bits per heavy atom. The van der Waals surface area contributed by atoms with Gasteiger partial charge < -0.3 is 16.4 Å². The van der Waals surface area contributed by atoms with Crippen molar-refractivity contribution in [2.75, 3.05) is 26.2 Å². The molecule has 0 bridgehead atoms. The van der Waals surface area contributed by atoms with Crippen LogP contribution in [0.4, 0.5) is 0 Å². The van der Waals surface area contributed by atoms with Gasteiger partial charge in [0.05, 0.1) is 5.82 Å². The van der Waals surface area contributed by atoms with Gasteiger partial charge in [-0.1, -0.05) is 30.3 Å². The molecule has 1 saturated carbocycles. The number of allylic oxidation sites excluding steroid dienone is 2. The Bertz CT molecular complexity index is 523. The predicted molar refractivity (Wildman–Crippen MR) is 87.0 cm³/mol. The summed E-state index contributed by atoms with van der Waals surface area (Å²) in [6.07, 6.45) is 6.58. The minimum Gasteiger partial charge on any atom is -0.398 e. The average Bonchev–Trinajstić information content (AvgIpc) is 3.38. The highest BCUT2D eigenvalue weighted by atomic mass is 15.3. The molecule has 1 aliphatic heterocycles. The molecule has 0 amide bonds. The van der Waals surface area contributed by atoms with Gasteiger partial charge in [-0.2, -0.15) is 0 Å². The van der Waals surface area contributed by atoms with Gasteiger partial charge in [0.25, 0.3) is 0 Å². The third kappa shape index (κ3) is 3.58. The van der Waals surface area contributed by atoms with Crippen molar-refractivity contribution in [3.63, 3.8) is 0 Å². The van der Waals surface area contributed by atoms with Crippen LogP contribution in [0, 0.1) is 0 Å². The zero-order valence-electron chi connectivity index (χ0n) is 12.4. The van der Waals surface area contributed by atoms with E-state index in [1.165, 1.54) is 12.8 Å². The Balaban J connectivity index is 1.58. The number of piperazine rings is 1. The highest BCUT2D eigenvalue weighted by molar-refractivity contribution is 5.63. The van der Waals surface area contributed by atoms with E-state index in [-0.39, 0.29) is 0 Å². The first kappa shape index (κ1) is 14.0. The molecule has 1 aromatic carbocycles. The van der Waals surface area contributed by atoms with Crippen LogP contribution >= 0.6 is 0 Å². The fraction of sp³-hybridized carbons (Fsp3) is 0.412. The fourth-order valence-electron chi connectivity index (χ4n) is 2.79. The van der Waals surface area contributed by atoms with Crippen LogP contribution in [0.1, 0.15) is 18.4 Å². The van der Waals surface area contributed by atoms with Crippen LogP contribution in [0.5, 0.6) is 0 Å². The molecule has 1 aliphatic carbocycles. The van der Waals surface area contributed by atoms with E-state index in [1.807, 2.05) is 42.5 Å². The summed E-state index contributed by atoms with van der Waals surface area (Å²) in [5.41, 5.74) is 14.0. The van der Waals surface area contributed by atoms with E-state index < -0.39 is 0 Å². The van der Waals surface area contributed by atoms with Crippen molar-refractivity contribution in [1.82, 2.24) is 9.80 Å². The lowest BCUT2D eigenvalue weighted by Gasteiger charge is -2.36. The second-order valence-electron chi connectivity index (χ2n) is 5.83. The molecule has 0 spiro atoms. The second-order valence-corrected chi connectivity index (χ2v) is 5.83.